The average molecular weight is 297 g/mol. The van der Waals surface area contributed by atoms with Crippen molar-refractivity contribution in [2.45, 2.75) is 103 Å². The van der Waals surface area contributed by atoms with Gasteiger partial charge in [0, 0.05) is 18.6 Å². The molecule has 126 valence electrons. The normalized spacial score (nSPS) is 24.4. The van der Waals surface area contributed by atoms with Crippen LogP contribution >= 0.6 is 0 Å². The van der Waals surface area contributed by atoms with Crippen molar-refractivity contribution in [3.63, 3.8) is 0 Å². The lowest BCUT2D eigenvalue weighted by Crippen LogP contribution is -2.45. The lowest BCUT2D eigenvalue weighted by Gasteiger charge is -2.38. The minimum atomic E-state index is 0.610. The topological polar surface area (TPSA) is 29.3 Å². The van der Waals surface area contributed by atoms with E-state index in [1.54, 1.807) is 0 Å². The molecule has 1 unspecified atom stereocenters. The van der Waals surface area contributed by atoms with Crippen LogP contribution in [0.2, 0.25) is 0 Å². The Morgan fingerprint density at radius 3 is 2.10 bits per heavy atom. The minimum Gasteiger partial charge on any atom is -0.329 e. The van der Waals surface area contributed by atoms with Crippen molar-refractivity contribution in [2.75, 3.05) is 13.6 Å². The molecule has 1 aliphatic rings. The van der Waals surface area contributed by atoms with Gasteiger partial charge in [-0.05, 0) is 45.1 Å². The van der Waals surface area contributed by atoms with Gasteiger partial charge in [-0.2, -0.15) is 0 Å². The van der Waals surface area contributed by atoms with Crippen LogP contribution in [-0.4, -0.2) is 30.6 Å². The molecule has 2 heteroatoms. The van der Waals surface area contributed by atoms with Crippen molar-refractivity contribution in [1.29, 1.82) is 0 Å². The Morgan fingerprint density at radius 1 is 0.952 bits per heavy atom. The second kappa shape index (κ2) is 11.5. The standard InChI is InChI=1S/C19H40N2/c1-4-5-6-7-8-9-10-11-19(16-20)21(3)18-14-12-17(2)13-15-18/h17-19H,4-16,20H2,1-3H3. The fourth-order valence-corrected chi connectivity index (χ4v) is 3.77. The summed E-state index contributed by atoms with van der Waals surface area (Å²) in [5.74, 6) is 0.939. The predicted molar refractivity (Wildman–Crippen MR) is 94.6 cm³/mol. The second-order valence-corrected chi connectivity index (χ2v) is 7.38. The maximum absolute atomic E-state index is 6.05. The molecule has 0 bridgehead atoms. The summed E-state index contributed by atoms with van der Waals surface area (Å²) in [6.07, 6.45) is 16.7. The summed E-state index contributed by atoms with van der Waals surface area (Å²) in [5.41, 5.74) is 6.05. The van der Waals surface area contributed by atoms with Gasteiger partial charge < -0.3 is 5.73 Å². The summed E-state index contributed by atoms with van der Waals surface area (Å²) < 4.78 is 0. The Bertz CT molecular complexity index is 234. The molecule has 0 aromatic rings. The van der Waals surface area contributed by atoms with E-state index >= 15 is 0 Å². The zero-order chi connectivity index (χ0) is 15.5. The molecule has 0 saturated heterocycles. The first kappa shape index (κ1) is 19.0. The molecule has 0 spiro atoms. The Labute approximate surface area is 133 Å². The summed E-state index contributed by atoms with van der Waals surface area (Å²) in [7, 11) is 2.32. The molecular weight excluding hydrogens is 256 g/mol. The van der Waals surface area contributed by atoms with Crippen LogP contribution < -0.4 is 5.73 Å². The maximum atomic E-state index is 6.05. The van der Waals surface area contributed by atoms with Crippen molar-refractivity contribution < 1.29 is 0 Å². The molecule has 1 saturated carbocycles. The lowest BCUT2D eigenvalue weighted by atomic mass is 9.86. The maximum Gasteiger partial charge on any atom is 0.0218 e. The third-order valence-electron chi connectivity index (χ3n) is 5.55. The Kier molecular flexibility index (Phi) is 10.4. The van der Waals surface area contributed by atoms with Crippen LogP contribution in [0.15, 0.2) is 0 Å². The van der Waals surface area contributed by atoms with E-state index in [1.807, 2.05) is 0 Å². The van der Waals surface area contributed by atoms with Crippen molar-refractivity contribution in [1.82, 2.24) is 4.90 Å². The fraction of sp³-hybridized carbons (Fsp3) is 1.00. The third kappa shape index (κ3) is 7.65. The van der Waals surface area contributed by atoms with Gasteiger partial charge in [-0.15, -0.1) is 0 Å². The number of rotatable bonds is 11. The van der Waals surface area contributed by atoms with Gasteiger partial charge in [-0.1, -0.05) is 58.8 Å². The molecule has 0 aromatic carbocycles. The van der Waals surface area contributed by atoms with Gasteiger partial charge in [0.2, 0.25) is 0 Å². The van der Waals surface area contributed by atoms with Gasteiger partial charge in [0.25, 0.3) is 0 Å². The summed E-state index contributed by atoms with van der Waals surface area (Å²) in [6, 6.07) is 1.40. The molecule has 0 radical (unpaired) electrons. The van der Waals surface area contributed by atoms with Crippen LogP contribution in [0.25, 0.3) is 0 Å². The Balaban J connectivity index is 2.15. The van der Waals surface area contributed by atoms with E-state index in [0.717, 1.165) is 18.5 Å². The molecule has 1 atom stereocenters. The number of unbranched alkanes of at least 4 members (excludes halogenated alkanes) is 6. The number of nitrogens with zero attached hydrogens (tertiary/aromatic N) is 1. The third-order valence-corrected chi connectivity index (χ3v) is 5.55. The van der Waals surface area contributed by atoms with Crippen LogP contribution in [0.4, 0.5) is 0 Å². The van der Waals surface area contributed by atoms with Gasteiger partial charge in [-0.3, -0.25) is 4.90 Å². The van der Waals surface area contributed by atoms with Crippen molar-refractivity contribution >= 4 is 0 Å². The second-order valence-electron chi connectivity index (χ2n) is 7.38. The first-order valence-electron chi connectivity index (χ1n) is 9.61. The molecule has 1 rings (SSSR count). The van der Waals surface area contributed by atoms with E-state index in [1.165, 1.54) is 77.0 Å². The minimum absolute atomic E-state index is 0.610. The molecule has 1 aliphatic carbocycles. The first-order chi connectivity index (χ1) is 10.2. The SMILES string of the molecule is CCCCCCCCCC(CN)N(C)C1CCC(C)CC1. The molecule has 0 amide bonds. The summed E-state index contributed by atoms with van der Waals surface area (Å²) in [4.78, 5) is 2.61. The van der Waals surface area contributed by atoms with E-state index in [9.17, 15) is 0 Å². The van der Waals surface area contributed by atoms with Crippen molar-refractivity contribution in [2.24, 2.45) is 11.7 Å². The van der Waals surface area contributed by atoms with Crippen LogP contribution in [0.1, 0.15) is 90.9 Å². The number of hydrogen-bond donors (Lipinski definition) is 1. The van der Waals surface area contributed by atoms with Gasteiger partial charge in [-0.25, -0.2) is 0 Å². The highest BCUT2D eigenvalue weighted by Gasteiger charge is 2.25. The highest BCUT2D eigenvalue weighted by atomic mass is 15.2. The van der Waals surface area contributed by atoms with Gasteiger partial charge in [0.05, 0.1) is 0 Å². The van der Waals surface area contributed by atoms with E-state index in [4.69, 9.17) is 5.73 Å². The molecule has 1 fully saturated rings. The Morgan fingerprint density at radius 2 is 1.52 bits per heavy atom. The smallest absolute Gasteiger partial charge is 0.0218 e. The first-order valence-corrected chi connectivity index (χ1v) is 9.61. The molecule has 0 aliphatic heterocycles. The van der Waals surface area contributed by atoms with E-state index in [0.29, 0.717) is 6.04 Å². The summed E-state index contributed by atoms with van der Waals surface area (Å²) >= 11 is 0. The van der Waals surface area contributed by atoms with Gasteiger partial charge in [0.15, 0.2) is 0 Å². The monoisotopic (exact) mass is 296 g/mol. The van der Waals surface area contributed by atoms with Crippen LogP contribution in [0, 0.1) is 5.92 Å². The molecule has 21 heavy (non-hydrogen) atoms. The molecule has 0 heterocycles. The largest absolute Gasteiger partial charge is 0.329 e. The summed E-state index contributed by atoms with van der Waals surface area (Å²) in [6.45, 7) is 5.52. The quantitative estimate of drug-likeness (QED) is 0.546. The molecule has 0 aromatic heterocycles. The zero-order valence-electron chi connectivity index (χ0n) is 14.9. The highest BCUT2D eigenvalue weighted by Crippen LogP contribution is 2.28. The zero-order valence-corrected chi connectivity index (χ0v) is 14.9. The lowest BCUT2D eigenvalue weighted by molar-refractivity contribution is 0.119. The number of nitrogens with two attached hydrogens (primary N) is 1. The van der Waals surface area contributed by atoms with Crippen LogP contribution in [0.3, 0.4) is 0 Å². The van der Waals surface area contributed by atoms with E-state index in [2.05, 4.69) is 25.8 Å². The van der Waals surface area contributed by atoms with Crippen molar-refractivity contribution in [3.8, 4) is 0 Å². The van der Waals surface area contributed by atoms with E-state index in [-0.39, 0.29) is 0 Å². The number of hydrogen-bond acceptors (Lipinski definition) is 2. The summed E-state index contributed by atoms with van der Waals surface area (Å²) in [5, 5.41) is 0. The molecular formula is C19H40N2. The Hall–Kier alpha value is -0.0800. The molecule has 2 N–H and O–H groups in total. The van der Waals surface area contributed by atoms with Gasteiger partial charge in [0.1, 0.15) is 0 Å². The molecule has 2 nitrogen and oxygen atoms in total. The van der Waals surface area contributed by atoms with E-state index < -0.39 is 0 Å². The van der Waals surface area contributed by atoms with Crippen LogP contribution in [-0.2, 0) is 0 Å². The predicted octanol–water partition coefficient (Wildman–Crippen LogP) is 4.96. The van der Waals surface area contributed by atoms with Crippen LogP contribution in [0.5, 0.6) is 0 Å². The van der Waals surface area contributed by atoms with Crippen molar-refractivity contribution in [3.05, 3.63) is 0 Å². The average Bonchev–Trinajstić information content (AvgIpc) is 2.50. The number of likely N-dealkylation sites (N-methyl/N-ethyl adjacent to an activating group) is 1. The fourth-order valence-electron chi connectivity index (χ4n) is 3.77. The van der Waals surface area contributed by atoms with Gasteiger partial charge >= 0.3 is 0 Å². The highest BCUT2D eigenvalue weighted by molar-refractivity contribution is 4.81.